The zero-order chi connectivity index (χ0) is 86.7. The lowest BCUT2D eigenvalue weighted by atomic mass is 9.97. The molecule has 600 valence electrons. The van der Waals surface area contributed by atoms with Crippen molar-refractivity contribution in [3.05, 3.63) is 170 Å². The van der Waals surface area contributed by atoms with Gasteiger partial charge in [-0.05, 0) is 148 Å². The van der Waals surface area contributed by atoms with Crippen molar-refractivity contribution in [2.45, 2.75) is 51.9 Å². The first-order chi connectivity index (χ1) is 54.5. The first kappa shape index (κ1) is 93.6. The minimum absolute atomic E-state index is 0.000602. The van der Waals surface area contributed by atoms with Gasteiger partial charge in [0.25, 0.3) is 7.12 Å². The molecule has 116 heavy (non-hydrogen) atoms. The fourth-order valence-corrected chi connectivity index (χ4v) is 17.4. The predicted octanol–water partition coefficient (Wildman–Crippen LogP) is 8.12. The Labute approximate surface area is 695 Å². The number of carboxylic acids is 3. The standard InChI is InChI=1S/C11H8BNO4S.C11H10BNO3S.C10H8BNO5S2.C10H7NO5S.C10H9NO3S.C10H8O3S.C6H6OS.C4H5ClO3/c1-13(11(12)17)9-3-5-2-7(14)6(10(15)16)4-8(5)18-9;1-13(5-12)10-3-6-2-8(14)7(11(15)16)4-9(6)17-10;1-12(19(11,16)17)9-3-5-2-7(13)6(10(14)15)4-8(5)18-9;1-16-10(13)6-4-8-5(2-7(6)12)3-9(17-8)11(14)15;1-14-10(13)6-4-8-5(2-7(6)12)3-9(11)15-8;1-13-10(12)7-5-9-6(2-3-14-9)4-8(7)11;1-5-2-3-8-6(5)4-7;1-8-4(7)2-3(5)6/h3-4H,2H2,1H3,(H,15,16);3-4H,2,5H2,1H3,(H,15,16);3-4H,2H2,1H3,(H,14,15);3-4H,2H2,1H3;3-4H,2,11H2,1H3;2-3,5H,4H2,1H3;2-4H,1H3;2H2,1H3. The van der Waals surface area contributed by atoms with E-state index in [-0.39, 0.29) is 100 Å². The highest BCUT2D eigenvalue weighted by Gasteiger charge is 2.33. The molecule has 0 aromatic carbocycles. The second kappa shape index (κ2) is 41.8. The van der Waals surface area contributed by atoms with Crippen LogP contribution < -0.4 is 19.8 Å². The largest absolute Gasteiger partial charge is 0.478 e. The van der Waals surface area contributed by atoms with Crippen LogP contribution in [0.25, 0.3) is 36.5 Å². The lowest BCUT2D eigenvalue weighted by molar-refractivity contribution is -0.380. The topological polar surface area (TPSA) is 484 Å². The Bertz CT molecular complexity index is 5510. The predicted molar refractivity (Wildman–Crippen MR) is 440 cm³/mol. The monoisotopic (exact) mass is 1750 g/mol. The molecule has 6 aliphatic rings. The van der Waals surface area contributed by atoms with Gasteiger partial charge in [0.05, 0.1) is 61.1 Å². The van der Waals surface area contributed by atoms with Gasteiger partial charge in [-0.15, -0.1) is 68.0 Å². The van der Waals surface area contributed by atoms with E-state index in [1.807, 2.05) is 47.8 Å². The summed E-state index contributed by atoms with van der Waals surface area (Å²) in [5.74, 6) is -8.77. The molecule has 7 aromatic rings. The van der Waals surface area contributed by atoms with Crippen molar-refractivity contribution < 1.29 is 124 Å². The smallest absolute Gasteiger partial charge is 0.341 e. The van der Waals surface area contributed by atoms with Crippen molar-refractivity contribution in [1.29, 1.82) is 0 Å². The van der Waals surface area contributed by atoms with E-state index in [2.05, 4.69) is 18.9 Å². The number of carbonyl (C=O) groups is 16. The summed E-state index contributed by atoms with van der Waals surface area (Å²) in [6.07, 6.45) is 10.1. The molecule has 0 saturated heterocycles. The number of nitro groups is 1. The number of ether oxygens (including phenoxy) is 4. The van der Waals surface area contributed by atoms with Gasteiger partial charge >= 0.3 is 46.8 Å². The van der Waals surface area contributed by atoms with Crippen LogP contribution in [0, 0.1) is 17.0 Å². The van der Waals surface area contributed by atoms with Gasteiger partial charge in [-0.1, -0.05) is 11.3 Å². The van der Waals surface area contributed by atoms with Crippen LogP contribution in [0.1, 0.15) is 84.3 Å². The number of esters is 4. The molecule has 6 radical (unpaired) electrons. The summed E-state index contributed by atoms with van der Waals surface area (Å²) in [6, 6.07) is 12.1. The Morgan fingerprint density at radius 2 is 0.905 bits per heavy atom. The van der Waals surface area contributed by atoms with Crippen LogP contribution in [-0.2, 0) is 134 Å². The molecule has 0 saturated carbocycles. The van der Waals surface area contributed by atoms with Gasteiger partial charge in [-0.2, -0.15) is 0 Å². The summed E-state index contributed by atoms with van der Waals surface area (Å²) in [7, 11) is 21.4. The zero-order valence-electron chi connectivity index (χ0n) is 61.8. The van der Waals surface area contributed by atoms with Gasteiger partial charge in [0, 0.05) is 95.0 Å². The van der Waals surface area contributed by atoms with E-state index < -0.39 is 79.2 Å². The van der Waals surface area contributed by atoms with Crippen molar-refractivity contribution in [3.63, 3.8) is 0 Å². The Morgan fingerprint density at radius 3 is 1.27 bits per heavy atom. The molecule has 6 aliphatic carbocycles. The number of hydrogen-bond acceptors (Lipinski definition) is 33. The number of aryl methyl sites for hydroxylation is 1. The van der Waals surface area contributed by atoms with Crippen LogP contribution in [-0.4, -0.2) is 201 Å². The highest BCUT2D eigenvalue weighted by atomic mass is 35.5. The van der Waals surface area contributed by atoms with E-state index in [1.54, 1.807) is 24.3 Å². The van der Waals surface area contributed by atoms with Crippen molar-refractivity contribution in [3.8, 4) is 0 Å². The average Bonchev–Trinajstić information content (AvgIpc) is 1.66. The number of aldehydes is 1. The molecule has 5 N–H and O–H groups in total. The number of hydrogen-bond donors (Lipinski definition) is 4. The van der Waals surface area contributed by atoms with Gasteiger partial charge in [0.1, 0.15) is 44.9 Å². The molecule has 1 amide bonds. The quantitative estimate of drug-likeness (QED) is 0.00865. The van der Waals surface area contributed by atoms with Gasteiger partial charge in [-0.25, -0.2) is 37.2 Å². The Balaban J connectivity index is 0.000000209. The van der Waals surface area contributed by atoms with E-state index in [9.17, 15) is 95.2 Å². The molecular formula is C72H61B3ClN5O27S8. The third-order valence-corrected chi connectivity index (χ3v) is 24.9. The van der Waals surface area contributed by atoms with Gasteiger partial charge < -0.3 is 49.8 Å². The number of rotatable bonds is 15. The number of carboxylic acid groups (broad SMARTS) is 3. The lowest BCUT2D eigenvalue weighted by Crippen LogP contribution is -2.25. The summed E-state index contributed by atoms with van der Waals surface area (Å²) in [4.78, 5) is 195. The maximum Gasteiger partial charge on any atom is 0.341 e. The minimum Gasteiger partial charge on any atom is -0.478 e. The van der Waals surface area contributed by atoms with Crippen molar-refractivity contribution in [1.82, 2.24) is 0 Å². The first-order valence-corrected chi connectivity index (χ1v) is 40.2. The fraction of sp³-hybridized carbons (Fsp3) is 0.222. The summed E-state index contributed by atoms with van der Waals surface area (Å²) in [6.45, 7) is 1.93. The Morgan fingerprint density at radius 1 is 0.543 bits per heavy atom. The van der Waals surface area contributed by atoms with Crippen LogP contribution in [0.2, 0.25) is 0 Å². The number of nitrogens with zero attached hydrogens (tertiary/aromatic N) is 4. The molecular weight excluding hydrogens is 1690 g/mol. The number of nitrogen functional groups attached to an aromatic ring is 1. The number of carbonyl (C=O) groups excluding carboxylic acids is 13. The normalized spacial score (nSPS) is 13.5. The maximum atomic E-state index is 11.6. The van der Waals surface area contributed by atoms with E-state index >= 15 is 0 Å². The van der Waals surface area contributed by atoms with Crippen LogP contribution in [0.5, 0.6) is 0 Å². The van der Waals surface area contributed by atoms with Crippen molar-refractivity contribution in [2.24, 2.45) is 0 Å². The number of fused-ring (bicyclic) bond motifs is 6. The van der Waals surface area contributed by atoms with E-state index in [1.165, 1.54) is 141 Å². The number of halogens is 1. The van der Waals surface area contributed by atoms with Gasteiger partial charge in [0.2, 0.25) is 13.1 Å². The molecule has 0 atom stereocenters. The van der Waals surface area contributed by atoms with E-state index in [0.29, 0.717) is 53.6 Å². The number of thiophene rings is 7. The SMILES string of the molecule is COC(=O)C1=Cc2sc(N)cc2CC1=O.COC(=O)C1=Cc2sc([N+](=O)[O-])cc2CC1=O.COC(=O)C1=Cc2sccc2CC1=O.COC(=O)CC(=O)Cl.Cc1ccsc1C=O.[B]C(=O)N(C)c1cc2c(s1)C=C(C(=O)O)C(=O)C2.[B]CN(C)c1cc2c(s1)C=C(C(=O)O)C(=O)C2.[B]S(=O)(=O)N(C)c1cc2c(s1)C=C(C(=O)O)C(=O)C2. The molecule has 0 fully saturated rings. The number of methoxy groups -OCH3 is 4. The summed E-state index contributed by atoms with van der Waals surface area (Å²) in [5, 5.41) is 42.8. The molecule has 7 heterocycles. The lowest BCUT2D eigenvalue weighted by Gasteiger charge is -2.13. The van der Waals surface area contributed by atoms with Crippen LogP contribution in [0.3, 0.4) is 0 Å². The second-order valence-electron chi connectivity index (χ2n) is 23.8. The van der Waals surface area contributed by atoms with Crippen molar-refractivity contribution in [2.75, 3.05) is 75.9 Å². The summed E-state index contributed by atoms with van der Waals surface area (Å²) in [5.41, 5.74) is 10.9. The van der Waals surface area contributed by atoms with Crippen molar-refractivity contribution >= 4 is 279 Å². The molecule has 13 rings (SSSR count). The number of ketones is 6. The molecule has 0 unspecified atom stereocenters. The van der Waals surface area contributed by atoms with Crippen LogP contribution >= 0.6 is 91.0 Å². The number of amides is 1. The Kier molecular flexibility index (Phi) is 33.7. The highest BCUT2D eigenvalue weighted by molar-refractivity contribution is 8.13. The van der Waals surface area contributed by atoms with E-state index in [4.69, 9.17) is 55.5 Å². The van der Waals surface area contributed by atoms with Gasteiger partial charge in [-0.3, -0.25) is 62.4 Å². The molecule has 7 aromatic heterocycles. The van der Waals surface area contributed by atoms with Gasteiger partial charge in [0.15, 0.2) is 56.7 Å². The fourth-order valence-electron chi connectivity index (χ4n) is 9.98. The molecule has 0 spiro atoms. The highest BCUT2D eigenvalue weighted by Crippen LogP contribution is 2.40. The summed E-state index contributed by atoms with van der Waals surface area (Å²) >= 11 is 13.9. The third-order valence-electron chi connectivity index (χ3n) is 16.1. The molecule has 32 nitrogen and oxygen atoms in total. The second-order valence-corrected chi connectivity index (χ2v) is 33.1. The molecule has 44 heteroatoms. The number of aliphatic carboxylic acids is 3. The zero-order valence-corrected chi connectivity index (χ0v) is 69.1. The van der Waals surface area contributed by atoms with Crippen LogP contribution in [0.15, 0.2) is 86.7 Å². The third kappa shape index (κ3) is 24.9. The summed E-state index contributed by atoms with van der Waals surface area (Å²) < 4.78 is 41.0. The average molecular weight is 1750 g/mol. The maximum absolute atomic E-state index is 11.6. The number of Topliss-reactive ketones (excluding diaryl/α,β-unsaturated/α-hetero) is 6. The Hall–Kier alpha value is -11.3. The van der Waals surface area contributed by atoms with Crippen LogP contribution in [0.4, 0.5) is 29.8 Å². The number of nitrogens with two attached hydrogens (primary N) is 1. The van der Waals surface area contributed by atoms with E-state index in [0.717, 1.165) is 85.6 Å². The first-order valence-electron chi connectivity index (χ1n) is 32.5. The number of anilines is 4. The molecule has 0 aliphatic heterocycles. The molecule has 0 bridgehead atoms. The minimum atomic E-state index is -3.88.